The molecule has 0 saturated heterocycles. The quantitative estimate of drug-likeness (QED) is 0.455. The molecule has 0 radical (unpaired) electrons. The average molecular weight is 315 g/mol. The molecule has 0 saturated carbocycles. The Morgan fingerprint density at radius 1 is 1.45 bits per heavy atom. The number of halogens is 1. The molecule has 1 heterocycles. The summed E-state index contributed by atoms with van der Waals surface area (Å²) in [4.78, 5) is 15.3. The van der Waals surface area contributed by atoms with Crippen LogP contribution >= 0.6 is 11.6 Å². The molecule has 0 aliphatic carbocycles. The van der Waals surface area contributed by atoms with Crippen molar-refractivity contribution >= 4 is 27.4 Å². The van der Waals surface area contributed by atoms with Crippen LogP contribution in [0.5, 0.6) is 0 Å². The van der Waals surface area contributed by atoms with E-state index in [2.05, 4.69) is 16.8 Å². The predicted molar refractivity (Wildman–Crippen MR) is 76.8 cm³/mol. The summed E-state index contributed by atoms with van der Waals surface area (Å²) in [6.45, 7) is 3.33. The first-order valence-electron chi connectivity index (χ1n) is 5.99. The molecule has 0 bridgehead atoms. The van der Waals surface area contributed by atoms with Gasteiger partial charge in [-0.2, -0.15) is 4.31 Å². The van der Waals surface area contributed by atoms with Crippen molar-refractivity contribution in [1.82, 2.24) is 9.29 Å². The third-order valence-electron chi connectivity index (χ3n) is 2.40. The van der Waals surface area contributed by atoms with E-state index in [1.165, 1.54) is 25.3 Å². The van der Waals surface area contributed by atoms with Crippen LogP contribution in [0.2, 0.25) is 5.15 Å². The maximum absolute atomic E-state index is 12.4. The molecule has 0 aliphatic heterocycles. The Morgan fingerprint density at radius 3 is 2.65 bits per heavy atom. The van der Waals surface area contributed by atoms with Crippen LogP contribution in [-0.2, 0) is 14.8 Å². The number of carbonyl (C=O) groups is 1. The SMILES string of the molecule is CC#CC(=O)CN(CCC)S(=O)(=O)c1ccc(Cl)nc1. The average Bonchev–Trinajstić information content (AvgIpc) is 2.39. The summed E-state index contributed by atoms with van der Waals surface area (Å²) in [5.74, 6) is 4.36. The number of ketones is 1. The highest BCUT2D eigenvalue weighted by Crippen LogP contribution is 2.16. The highest BCUT2D eigenvalue weighted by molar-refractivity contribution is 7.89. The highest BCUT2D eigenvalue weighted by atomic mass is 35.5. The molecule has 0 spiro atoms. The van der Waals surface area contributed by atoms with Gasteiger partial charge in [0.25, 0.3) is 0 Å². The van der Waals surface area contributed by atoms with E-state index in [0.29, 0.717) is 6.42 Å². The van der Waals surface area contributed by atoms with E-state index >= 15 is 0 Å². The molecule has 0 aromatic carbocycles. The largest absolute Gasteiger partial charge is 0.283 e. The summed E-state index contributed by atoms with van der Waals surface area (Å²) in [5, 5.41) is 0.207. The van der Waals surface area contributed by atoms with Gasteiger partial charge in [0, 0.05) is 12.7 Å². The first-order chi connectivity index (χ1) is 9.41. The predicted octanol–water partition coefficient (Wildman–Crippen LogP) is 1.73. The second-order valence-corrected chi connectivity index (χ2v) is 6.28. The molecule has 0 fully saturated rings. The fourth-order valence-electron chi connectivity index (χ4n) is 1.54. The standard InChI is InChI=1S/C13H15ClN2O3S/c1-3-5-11(17)10-16(8-4-2)20(18,19)12-6-7-13(14)15-9-12/h6-7,9H,4,8,10H2,1-2H3. The van der Waals surface area contributed by atoms with Crippen LogP contribution in [0.25, 0.3) is 0 Å². The third kappa shape index (κ3) is 4.30. The highest BCUT2D eigenvalue weighted by Gasteiger charge is 2.25. The van der Waals surface area contributed by atoms with Crippen molar-refractivity contribution < 1.29 is 13.2 Å². The van der Waals surface area contributed by atoms with E-state index in [9.17, 15) is 13.2 Å². The van der Waals surface area contributed by atoms with Gasteiger partial charge in [0.15, 0.2) is 0 Å². The molecule has 20 heavy (non-hydrogen) atoms. The lowest BCUT2D eigenvalue weighted by Crippen LogP contribution is -2.36. The van der Waals surface area contributed by atoms with Gasteiger partial charge in [0.2, 0.25) is 15.8 Å². The van der Waals surface area contributed by atoms with Crippen molar-refractivity contribution in [2.24, 2.45) is 0 Å². The minimum absolute atomic E-state index is 0.00704. The van der Waals surface area contributed by atoms with Crippen molar-refractivity contribution in [2.75, 3.05) is 13.1 Å². The van der Waals surface area contributed by atoms with Gasteiger partial charge in [0.1, 0.15) is 10.0 Å². The Bertz CT molecular complexity index is 630. The Balaban J connectivity index is 3.07. The van der Waals surface area contributed by atoms with Gasteiger partial charge < -0.3 is 0 Å². The lowest BCUT2D eigenvalue weighted by atomic mass is 10.4. The Hall–Kier alpha value is -1.42. The molecule has 0 amide bonds. The van der Waals surface area contributed by atoms with Crippen molar-refractivity contribution in [1.29, 1.82) is 0 Å². The van der Waals surface area contributed by atoms with Gasteiger partial charge in [-0.25, -0.2) is 13.4 Å². The van der Waals surface area contributed by atoms with Gasteiger partial charge in [-0.05, 0) is 31.4 Å². The van der Waals surface area contributed by atoms with Gasteiger partial charge >= 0.3 is 0 Å². The number of hydrogen-bond donors (Lipinski definition) is 0. The molecule has 0 unspecified atom stereocenters. The Labute approximate surface area is 124 Å². The zero-order valence-electron chi connectivity index (χ0n) is 11.3. The number of pyridine rings is 1. The molecule has 1 aromatic heterocycles. The van der Waals surface area contributed by atoms with Crippen LogP contribution in [0.1, 0.15) is 20.3 Å². The molecule has 1 aromatic rings. The first kappa shape index (κ1) is 16.6. The minimum Gasteiger partial charge on any atom is -0.283 e. The van der Waals surface area contributed by atoms with Crippen molar-refractivity contribution in [3.8, 4) is 11.8 Å². The second kappa shape index (κ2) is 7.39. The van der Waals surface area contributed by atoms with Crippen LogP contribution in [0.4, 0.5) is 0 Å². The zero-order valence-corrected chi connectivity index (χ0v) is 12.8. The number of Topliss-reactive ketones (excluding diaryl/α,β-unsaturated/α-hetero) is 1. The molecule has 0 atom stereocenters. The monoisotopic (exact) mass is 314 g/mol. The zero-order chi connectivity index (χ0) is 15.2. The molecule has 0 N–H and O–H groups in total. The van der Waals surface area contributed by atoms with Crippen LogP contribution in [0, 0.1) is 11.8 Å². The van der Waals surface area contributed by atoms with Gasteiger partial charge in [-0.3, -0.25) is 4.79 Å². The normalized spacial score (nSPS) is 11.0. The molecule has 1 rings (SSSR count). The Morgan fingerprint density at radius 2 is 2.15 bits per heavy atom. The van der Waals surface area contributed by atoms with E-state index in [1.807, 2.05) is 6.92 Å². The van der Waals surface area contributed by atoms with Crippen LogP contribution in [0.15, 0.2) is 23.2 Å². The lowest BCUT2D eigenvalue weighted by molar-refractivity contribution is -0.114. The molecule has 5 nitrogen and oxygen atoms in total. The van der Waals surface area contributed by atoms with Crippen LogP contribution < -0.4 is 0 Å². The summed E-state index contributed by atoms with van der Waals surface area (Å²) < 4.78 is 25.9. The molecular weight excluding hydrogens is 300 g/mol. The maximum Gasteiger partial charge on any atom is 0.245 e. The summed E-state index contributed by atoms with van der Waals surface area (Å²) in [7, 11) is -3.77. The fourth-order valence-corrected chi connectivity index (χ4v) is 3.08. The van der Waals surface area contributed by atoms with E-state index in [0.717, 1.165) is 4.31 Å². The van der Waals surface area contributed by atoms with Crippen molar-refractivity contribution in [3.05, 3.63) is 23.5 Å². The summed E-state index contributed by atoms with van der Waals surface area (Å²) >= 11 is 5.64. The van der Waals surface area contributed by atoms with Crippen LogP contribution in [-0.4, -0.2) is 36.6 Å². The second-order valence-electron chi connectivity index (χ2n) is 3.95. The van der Waals surface area contributed by atoms with Crippen LogP contribution in [0.3, 0.4) is 0 Å². The summed E-state index contributed by atoms with van der Waals surface area (Å²) in [5.41, 5.74) is 0. The lowest BCUT2D eigenvalue weighted by Gasteiger charge is -2.19. The number of nitrogens with zero attached hydrogens (tertiary/aromatic N) is 2. The summed E-state index contributed by atoms with van der Waals surface area (Å²) in [6.07, 6.45) is 1.77. The van der Waals surface area contributed by atoms with E-state index in [1.54, 1.807) is 0 Å². The number of sulfonamides is 1. The fraction of sp³-hybridized carbons (Fsp3) is 0.385. The van der Waals surface area contributed by atoms with Crippen molar-refractivity contribution in [3.63, 3.8) is 0 Å². The number of hydrogen-bond acceptors (Lipinski definition) is 4. The number of rotatable bonds is 6. The molecule has 108 valence electrons. The molecular formula is C13H15ClN2O3S. The molecule has 0 aliphatic rings. The third-order valence-corrected chi connectivity index (χ3v) is 4.45. The molecule has 7 heteroatoms. The number of carbonyl (C=O) groups excluding carboxylic acids is 1. The maximum atomic E-state index is 12.4. The van der Waals surface area contributed by atoms with E-state index in [4.69, 9.17) is 11.6 Å². The van der Waals surface area contributed by atoms with Gasteiger partial charge in [-0.1, -0.05) is 24.4 Å². The van der Waals surface area contributed by atoms with E-state index in [-0.39, 0.29) is 23.1 Å². The van der Waals surface area contributed by atoms with Crippen molar-refractivity contribution in [2.45, 2.75) is 25.2 Å². The first-order valence-corrected chi connectivity index (χ1v) is 7.81. The number of aromatic nitrogens is 1. The minimum atomic E-state index is -3.77. The van der Waals surface area contributed by atoms with Gasteiger partial charge in [0.05, 0.1) is 6.54 Å². The smallest absolute Gasteiger partial charge is 0.245 e. The topological polar surface area (TPSA) is 67.3 Å². The Kier molecular flexibility index (Phi) is 6.14. The van der Waals surface area contributed by atoms with Gasteiger partial charge in [-0.15, -0.1) is 0 Å². The summed E-state index contributed by atoms with van der Waals surface area (Å²) in [6, 6.07) is 2.76. The van der Waals surface area contributed by atoms with E-state index < -0.39 is 15.8 Å².